The third kappa shape index (κ3) is 3.11. The van der Waals surface area contributed by atoms with Crippen molar-refractivity contribution in [2.45, 2.75) is 31.7 Å². The van der Waals surface area contributed by atoms with Crippen LogP contribution in [-0.4, -0.2) is 30.0 Å². The number of methoxy groups -OCH3 is 1. The summed E-state index contributed by atoms with van der Waals surface area (Å²) in [6.45, 7) is 0. The lowest BCUT2D eigenvalue weighted by molar-refractivity contribution is 0.0595. The van der Waals surface area contributed by atoms with Crippen molar-refractivity contribution < 1.29 is 18.7 Å². The largest absolute Gasteiger partial charge is 0.464 e. The first-order chi connectivity index (χ1) is 11.2. The molecule has 0 radical (unpaired) electrons. The fraction of sp³-hybridized carbons (Fsp3) is 0.353. The number of carbonyl (C=O) groups excluding carboxylic acids is 2. The van der Waals surface area contributed by atoms with Crippen molar-refractivity contribution in [1.29, 1.82) is 0 Å². The Hall–Kier alpha value is -2.63. The number of ether oxygens (including phenoxy) is 1. The number of hydrogen-bond acceptors (Lipinski definition) is 5. The number of aromatic nitrogens is 1. The van der Waals surface area contributed by atoms with E-state index >= 15 is 0 Å². The van der Waals surface area contributed by atoms with Crippen LogP contribution in [-0.2, 0) is 4.74 Å². The summed E-state index contributed by atoms with van der Waals surface area (Å²) in [5.74, 6) is -0.520. The number of rotatable bonds is 4. The van der Waals surface area contributed by atoms with Gasteiger partial charge in [-0.15, -0.1) is 0 Å². The first-order valence-electron chi connectivity index (χ1n) is 7.62. The number of benzene rings is 1. The van der Waals surface area contributed by atoms with Crippen molar-refractivity contribution in [3.8, 4) is 11.3 Å². The van der Waals surface area contributed by atoms with Crippen molar-refractivity contribution in [3.63, 3.8) is 0 Å². The zero-order chi connectivity index (χ0) is 16.2. The van der Waals surface area contributed by atoms with Gasteiger partial charge in [-0.05, 0) is 18.9 Å². The predicted molar refractivity (Wildman–Crippen MR) is 83.0 cm³/mol. The second kappa shape index (κ2) is 6.64. The van der Waals surface area contributed by atoms with Gasteiger partial charge in [0.1, 0.15) is 0 Å². The molecular formula is C17H18N2O4. The molecule has 1 heterocycles. The molecule has 0 saturated heterocycles. The summed E-state index contributed by atoms with van der Waals surface area (Å²) >= 11 is 0. The number of carbonyl (C=O) groups is 2. The van der Waals surface area contributed by atoms with Gasteiger partial charge in [-0.3, -0.25) is 4.79 Å². The molecule has 6 heteroatoms. The molecule has 1 aromatic carbocycles. The molecule has 1 saturated carbocycles. The van der Waals surface area contributed by atoms with Crippen LogP contribution in [0.25, 0.3) is 11.3 Å². The first kappa shape index (κ1) is 15.3. The Kier molecular flexibility index (Phi) is 4.41. The van der Waals surface area contributed by atoms with Gasteiger partial charge in [-0.2, -0.15) is 0 Å². The highest BCUT2D eigenvalue weighted by Crippen LogP contribution is 2.28. The van der Waals surface area contributed by atoms with Crippen LogP contribution in [0.2, 0.25) is 0 Å². The zero-order valence-corrected chi connectivity index (χ0v) is 12.9. The molecule has 3 rings (SSSR count). The lowest BCUT2D eigenvalue weighted by Crippen LogP contribution is -2.32. The van der Waals surface area contributed by atoms with E-state index in [1.807, 2.05) is 0 Å². The van der Waals surface area contributed by atoms with E-state index in [9.17, 15) is 9.59 Å². The van der Waals surface area contributed by atoms with Gasteiger partial charge in [0.2, 0.25) is 0 Å². The van der Waals surface area contributed by atoms with Gasteiger partial charge in [0.25, 0.3) is 5.91 Å². The highest BCUT2D eigenvalue weighted by molar-refractivity contribution is 6.03. The molecule has 1 amide bonds. The van der Waals surface area contributed by atoms with Gasteiger partial charge in [-0.1, -0.05) is 31.0 Å². The number of nitrogens with zero attached hydrogens (tertiary/aromatic N) is 1. The quantitative estimate of drug-likeness (QED) is 0.878. The smallest absolute Gasteiger partial charge is 0.360 e. The molecule has 0 unspecified atom stereocenters. The van der Waals surface area contributed by atoms with E-state index in [4.69, 9.17) is 9.15 Å². The molecule has 0 spiro atoms. The van der Waals surface area contributed by atoms with Crippen LogP contribution >= 0.6 is 0 Å². The summed E-state index contributed by atoms with van der Waals surface area (Å²) in [4.78, 5) is 28.3. The van der Waals surface area contributed by atoms with Crippen LogP contribution in [0, 0.1) is 0 Å². The minimum absolute atomic E-state index is 0.0635. The van der Waals surface area contributed by atoms with Crippen LogP contribution in [0.15, 0.2) is 35.1 Å². The predicted octanol–water partition coefficient (Wildman–Crippen LogP) is 2.80. The average molecular weight is 314 g/mol. The van der Waals surface area contributed by atoms with Gasteiger partial charge in [0.15, 0.2) is 17.8 Å². The molecule has 0 bridgehead atoms. The maximum Gasteiger partial charge on any atom is 0.360 e. The summed E-state index contributed by atoms with van der Waals surface area (Å²) in [5.41, 5.74) is 1.05. The average Bonchev–Trinajstić information content (AvgIpc) is 3.25. The summed E-state index contributed by atoms with van der Waals surface area (Å²) in [7, 11) is 1.28. The molecule has 0 atom stereocenters. The summed E-state index contributed by atoms with van der Waals surface area (Å²) in [6.07, 6.45) is 5.46. The van der Waals surface area contributed by atoms with Crippen LogP contribution in [0.1, 0.15) is 46.5 Å². The molecule has 1 fully saturated rings. The summed E-state index contributed by atoms with van der Waals surface area (Å²) in [6, 6.07) is 7.22. The number of hydrogen-bond donors (Lipinski definition) is 1. The van der Waals surface area contributed by atoms with Crippen molar-refractivity contribution in [2.75, 3.05) is 7.11 Å². The molecule has 6 nitrogen and oxygen atoms in total. The molecule has 23 heavy (non-hydrogen) atoms. The van der Waals surface area contributed by atoms with E-state index in [-0.39, 0.29) is 23.4 Å². The van der Waals surface area contributed by atoms with Gasteiger partial charge in [0.05, 0.1) is 12.7 Å². The highest BCUT2D eigenvalue weighted by Gasteiger charge is 2.24. The van der Waals surface area contributed by atoms with E-state index < -0.39 is 5.97 Å². The van der Waals surface area contributed by atoms with E-state index in [0.717, 1.165) is 25.7 Å². The number of amides is 1. The van der Waals surface area contributed by atoms with Gasteiger partial charge in [0, 0.05) is 11.6 Å². The van der Waals surface area contributed by atoms with Crippen LogP contribution in [0.3, 0.4) is 0 Å². The zero-order valence-electron chi connectivity index (χ0n) is 12.9. The topological polar surface area (TPSA) is 81.4 Å². The van der Waals surface area contributed by atoms with Crippen LogP contribution in [0.5, 0.6) is 0 Å². The monoisotopic (exact) mass is 314 g/mol. The second-order valence-corrected chi connectivity index (χ2v) is 5.52. The molecular weight excluding hydrogens is 296 g/mol. The number of oxazole rings is 1. The SMILES string of the molecule is COC(=O)c1ncoc1-c1ccccc1C(=O)NC1CCCC1. The Morgan fingerprint density at radius 2 is 2.00 bits per heavy atom. The normalized spacial score (nSPS) is 14.7. The second-order valence-electron chi connectivity index (χ2n) is 5.52. The minimum Gasteiger partial charge on any atom is -0.464 e. The number of nitrogens with one attached hydrogen (secondary N) is 1. The fourth-order valence-corrected chi connectivity index (χ4v) is 2.89. The number of esters is 1. The molecule has 1 aromatic heterocycles. The molecule has 0 aliphatic heterocycles. The van der Waals surface area contributed by atoms with Crippen molar-refractivity contribution in [3.05, 3.63) is 41.9 Å². The summed E-state index contributed by atoms with van der Waals surface area (Å²) < 4.78 is 10.0. The molecule has 1 N–H and O–H groups in total. The Balaban J connectivity index is 1.93. The standard InChI is InChI=1S/C17H18N2O4/c1-22-17(21)14-15(23-10-18-14)12-8-4-5-9-13(12)16(20)19-11-6-2-3-7-11/h4-5,8-11H,2-3,6-7H2,1H3,(H,19,20). The maximum atomic E-state index is 12.6. The minimum atomic E-state index is -0.597. The van der Waals surface area contributed by atoms with Crippen molar-refractivity contribution >= 4 is 11.9 Å². The van der Waals surface area contributed by atoms with E-state index in [0.29, 0.717) is 11.1 Å². The van der Waals surface area contributed by atoms with E-state index in [2.05, 4.69) is 10.3 Å². The van der Waals surface area contributed by atoms with Crippen LogP contribution in [0.4, 0.5) is 0 Å². The third-order valence-corrected chi connectivity index (χ3v) is 4.05. The van der Waals surface area contributed by atoms with Gasteiger partial charge >= 0.3 is 5.97 Å². The third-order valence-electron chi connectivity index (χ3n) is 4.05. The van der Waals surface area contributed by atoms with Gasteiger partial charge < -0.3 is 14.5 Å². The van der Waals surface area contributed by atoms with Gasteiger partial charge in [-0.25, -0.2) is 9.78 Å². The molecule has 120 valence electrons. The highest BCUT2D eigenvalue weighted by atomic mass is 16.5. The molecule has 1 aliphatic carbocycles. The maximum absolute atomic E-state index is 12.6. The molecule has 1 aliphatic rings. The Bertz CT molecular complexity index is 717. The van der Waals surface area contributed by atoms with E-state index in [1.54, 1.807) is 24.3 Å². The lowest BCUT2D eigenvalue weighted by Gasteiger charge is -2.13. The van der Waals surface area contributed by atoms with E-state index in [1.165, 1.54) is 13.5 Å². The van der Waals surface area contributed by atoms with Crippen molar-refractivity contribution in [1.82, 2.24) is 10.3 Å². The summed E-state index contributed by atoms with van der Waals surface area (Å²) in [5, 5.41) is 3.04. The Labute approximate surface area is 133 Å². The van der Waals surface area contributed by atoms with Crippen LogP contribution < -0.4 is 5.32 Å². The lowest BCUT2D eigenvalue weighted by atomic mass is 10.0. The Morgan fingerprint density at radius 3 is 2.74 bits per heavy atom. The Morgan fingerprint density at radius 1 is 1.26 bits per heavy atom. The first-order valence-corrected chi connectivity index (χ1v) is 7.62. The fourth-order valence-electron chi connectivity index (χ4n) is 2.89. The molecule has 2 aromatic rings. The van der Waals surface area contributed by atoms with Crippen molar-refractivity contribution in [2.24, 2.45) is 0 Å².